The van der Waals surface area contributed by atoms with Gasteiger partial charge in [0.05, 0.1) is 0 Å². The van der Waals surface area contributed by atoms with Gasteiger partial charge in [0.1, 0.15) is 0 Å². The summed E-state index contributed by atoms with van der Waals surface area (Å²) in [7, 11) is 0. The van der Waals surface area contributed by atoms with E-state index in [-0.39, 0.29) is 0 Å². The predicted octanol–water partition coefficient (Wildman–Crippen LogP) is 7.57. The first-order valence-electron chi connectivity index (χ1n) is 13.0. The van der Waals surface area contributed by atoms with Crippen molar-refractivity contribution in [2.45, 2.75) is 0 Å². The highest BCUT2D eigenvalue weighted by Gasteiger charge is 2.09. The minimum atomic E-state index is 0.859. The van der Waals surface area contributed by atoms with Crippen LogP contribution < -0.4 is 0 Å². The van der Waals surface area contributed by atoms with Crippen molar-refractivity contribution in [3.63, 3.8) is 0 Å². The summed E-state index contributed by atoms with van der Waals surface area (Å²) in [6.45, 7) is 0. The van der Waals surface area contributed by atoms with Crippen molar-refractivity contribution in [1.82, 2.24) is 9.97 Å². The number of hydrogen-bond acceptors (Lipinski definition) is 2. The maximum atomic E-state index is 4.07. The molecular formula is C38H20N2. The van der Waals surface area contributed by atoms with Crippen LogP contribution in [0.2, 0.25) is 0 Å². The number of pyridine rings is 2. The summed E-state index contributed by atoms with van der Waals surface area (Å²) in [6.07, 6.45) is 6.98. The third kappa shape index (κ3) is 4.61. The van der Waals surface area contributed by atoms with Crippen LogP contribution in [-0.4, -0.2) is 9.97 Å². The topological polar surface area (TPSA) is 25.8 Å². The van der Waals surface area contributed by atoms with Gasteiger partial charge >= 0.3 is 0 Å². The Bertz CT molecular complexity index is 2120. The fourth-order valence-corrected chi connectivity index (χ4v) is 4.99. The van der Waals surface area contributed by atoms with Gasteiger partial charge in [-0.1, -0.05) is 84.1 Å². The van der Waals surface area contributed by atoms with E-state index < -0.39 is 0 Å². The van der Waals surface area contributed by atoms with Crippen LogP contribution in [0.1, 0.15) is 33.4 Å². The largest absolute Gasteiger partial charge is 0.265 e. The highest BCUT2D eigenvalue weighted by Crippen LogP contribution is 2.35. The summed E-state index contributed by atoms with van der Waals surface area (Å²) < 4.78 is 0. The van der Waals surface area contributed by atoms with Gasteiger partial charge < -0.3 is 0 Å². The second-order valence-electron chi connectivity index (χ2n) is 9.49. The first-order chi connectivity index (χ1) is 19.8. The van der Waals surface area contributed by atoms with Crippen molar-refractivity contribution in [1.29, 1.82) is 0 Å². The van der Waals surface area contributed by atoms with Gasteiger partial charge in [0, 0.05) is 58.2 Å². The Morgan fingerprint density at radius 3 is 1.40 bits per heavy atom. The first kappa shape index (κ1) is 23.3. The Labute approximate surface area is 232 Å². The SMILES string of the molecule is C(#Cc1cc(C#Cc2ccncc2)cc(C#Cc2ccc3ccc4cccc5ccc2c3c45)c1)c1ccncc1. The molecule has 0 radical (unpaired) electrons. The third-order valence-corrected chi connectivity index (χ3v) is 6.87. The maximum Gasteiger partial charge on any atom is 0.0328 e. The van der Waals surface area contributed by atoms with Crippen LogP contribution in [0.4, 0.5) is 0 Å². The molecule has 5 aromatic carbocycles. The van der Waals surface area contributed by atoms with Crippen LogP contribution in [0, 0.1) is 35.5 Å². The number of benzene rings is 5. The van der Waals surface area contributed by atoms with Gasteiger partial charge in [-0.25, -0.2) is 0 Å². The molecule has 0 saturated carbocycles. The quantitative estimate of drug-likeness (QED) is 0.157. The lowest BCUT2D eigenvalue weighted by molar-refractivity contribution is 1.32. The molecule has 0 aliphatic rings. The molecule has 2 aromatic heterocycles. The summed E-state index contributed by atoms with van der Waals surface area (Å²) in [5.41, 5.74) is 5.40. The summed E-state index contributed by atoms with van der Waals surface area (Å²) >= 11 is 0. The molecule has 0 aliphatic carbocycles. The Morgan fingerprint density at radius 2 is 0.825 bits per heavy atom. The zero-order valence-electron chi connectivity index (χ0n) is 21.4. The summed E-state index contributed by atoms with van der Waals surface area (Å²) in [6, 6.07) is 33.2. The molecular weight excluding hydrogens is 484 g/mol. The van der Waals surface area contributed by atoms with Crippen molar-refractivity contribution in [3.8, 4) is 35.5 Å². The van der Waals surface area contributed by atoms with Gasteiger partial charge in [0.25, 0.3) is 0 Å². The lowest BCUT2D eigenvalue weighted by Crippen LogP contribution is -1.88. The van der Waals surface area contributed by atoms with Gasteiger partial charge in [-0.2, -0.15) is 0 Å². The van der Waals surface area contributed by atoms with Crippen molar-refractivity contribution < 1.29 is 0 Å². The van der Waals surface area contributed by atoms with Crippen LogP contribution in [0.25, 0.3) is 32.3 Å². The molecule has 40 heavy (non-hydrogen) atoms. The van der Waals surface area contributed by atoms with Gasteiger partial charge in [-0.3, -0.25) is 9.97 Å². The zero-order valence-corrected chi connectivity index (χ0v) is 21.4. The van der Waals surface area contributed by atoms with Crippen LogP contribution in [0.15, 0.2) is 122 Å². The van der Waals surface area contributed by atoms with Gasteiger partial charge in [0.2, 0.25) is 0 Å². The molecule has 0 N–H and O–H groups in total. The average molecular weight is 505 g/mol. The molecule has 0 atom stereocenters. The first-order valence-corrected chi connectivity index (χ1v) is 13.0. The molecule has 2 heterocycles. The van der Waals surface area contributed by atoms with Crippen molar-refractivity contribution in [2.75, 3.05) is 0 Å². The van der Waals surface area contributed by atoms with E-state index in [0.717, 1.165) is 33.4 Å². The lowest BCUT2D eigenvalue weighted by atomic mass is 9.92. The van der Waals surface area contributed by atoms with Crippen molar-refractivity contribution in [2.24, 2.45) is 0 Å². The van der Waals surface area contributed by atoms with Crippen LogP contribution >= 0.6 is 0 Å². The molecule has 2 heteroatoms. The molecule has 182 valence electrons. The minimum absolute atomic E-state index is 0.859. The molecule has 2 nitrogen and oxygen atoms in total. The van der Waals surface area contributed by atoms with E-state index in [1.54, 1.807) is 24.8 Å². The van der Waals surface area contributed by atoms with Crippen molar-refractivity contribution in [3.05, 3.63) is 155 Å². The Kier molecular flexibility index (Phi) is 5.88. The Hall–Kier alpha value is -5.88. The fraction of sp³-hybridized carbons (Fsp3) is 0. The molecule has 0 bridgehead atoms. The van der Waals surface area contributed by atoms with E-state index in [4.69, 9.17) is 0 Å². The van der Waals surface area contributed by atoms with Gasteiger partial charge in [0.15, 0.2) is 0 Å². The standard InChI is InChI=1S/C38H20N2/c1-2-33-12-13-35-11-10-32(36-15-14-34(3-1)37(33)38(35)36)9-8-31-25-29(6-4-27-16-20-39-21-17-27)24-30(26-31)7-5-28-18-22-40-23-19-28/h1-3,10-26H. The smallest absolute Gasteiger partial charge is 0.0328 e. The van der Waals surface area contributed by atoms with E-state index >= 15 is 0 Å². The molecule has 0 unspecified atom stereocenters. The highest BCUT2D eigenvalue weighted by atomic mass is 14.6. The second-order valence-corrected chi connectivity index (χ2v) is 9.49. The summed E-state index contributed by atoms with van der Waals surface area (Å²) in [4.78, 5) is 8.15. The number of nitrogens with zero attached hydrogens (tertiary/aromatic N) is 2. The molecule has 7 aromatic rings. The number of aromatic nitrogens is 2. The molecule has 7 rings (SSSR count). The zero-order chi connectivity index (χ0) is 26.7. The van der Waals surface area contributed by atoms with E-state index in [1.807, 2.05) is 42.5 Å². The molecule has 0 fully saturated rings. The Balaban J connectivity index is 1.34. The number of rotatable bonds is 0. The normalized spacial score (nSPS) is 10.4. The molecule has 0 saturated heterocycles. The van der Waals surface area contributed by atoms with Crippen molar-refractivity contribution >= 4 is 32.3 Å². The highest BCUT2D eigenvalue weighted by molar-refractivity contribution is 6.23. The molecule has 0 aliphatic heterocycles. The number of hydrogen-bond donors (Lipinski definition) is 0. The molecule has 0 amide bonds. The lowest BCUT2D eigenvalue weighted by Gasteiger charge is -2.11. The second kappa shape index (κ2) is 10.1. The average Bonchev–Trinajstić information content (AvgIpc) is 3.02. The van der Waals surface area contributed by atoms with E-state index in [9.17, 15) is 0 Å². The van der Waals surface area contributed by atoms with Gasteiger partial charge in [-0.15, -0.1) is 0 Å². The summed E-state index contributed by atoms with van der Waals surface area (Å²) in [5.74, 6) is 19.9. The molecule has 0 spiro atoms. The minimum Gasteiger partial charge on any atom is -0.265 e. The Morgan fingerprint density at radius 1 is 0.375 bits per heavy atom. The van der Waals surface area contributed by atoms with Gasteiger partial charge in [-0.05, 0) is 80.8 Å². The fourth-order valence-electron chi connectivity index (χ4n) is 4.99. The van der Waals surface area contributed by atoms with E-state index in [0.29, 0.717) is 0 Å². The van der Waals surface area contributed by atoms with Crippen LogP contribution in [0.3, 0.4) is 0 Å². The van der Waals surface area contributed by atoms with E-state index in [1.165, 1.54) is 32.3 Å². The third-order valence-electron chi connectivity index (χ3n) is 6.87. The van der Waals surface area contributed by atoms with Crippen LogP contribution in [0.5, 0.6) is 0 Å². The summed E-state index contributed by atoms with van der Waals surface area (Å²) in [5, 5.41) is 7.45. The maximum absolute atomic E-state index is 4.07. The predicted molar refractivity (Wildman–Crippen MR) is 163 cm³/mol. The monoisotopic (exact) mass is 504 g/mol. The van der Waals surface area contributed by atoms with E-state index in [2.05, 4.69) is 100 Å². The van der Waals surface area contributed by atoms with Crippen LogP contribution in [-0.2, 0) is 0 Å².